The normalized spacial score (nSPS) is 10.1. The fourth-order valence-electron chi connectivity index (χ4n) is 1.71. The lowest BCUT2D eigenvalue weighted by atomic mass is 10.1. The van der Waals surface area contributed by atoms with Gasteiger partial charge >= 0.3 is 0 Å². The predicted molar refractivity (Wildman–Crippen MR) is 74.2 cm³/mol. The first kappa shape index (κ1) is 13.1. The van der Waals surface area contributed by atoms with E-state index < -0.39 is 0 Å². The third-order valence-corrected chi connectivity index (χ3v) is 2.76. The largest absolute Gasteiger partial charge is 0.497 e. The van der Waals surface area contributed by atoms with Crippen molar-refractivity contribution in [2.75, 3.05) is 21.2 Å². The van der Waals surface area contributed by atoms with Crippen molar-refractivity contribution in [3.05, 3.63) is 48.2 Å². The van der Waals surface area contributed by atoms with Crippen molar-refractivity contribution >= 4 is 5.91 Å². The van der Waals surface area contributed by atoms with E-state index in [0.717, 1.165) is 17.0 Å². The Labute approximate surface area is 112 Å². The van der Waals surface area contributed by atoms with Crippen LogP contribution in [0.2, 0.25) is 0 Å². The number of benzene rings is 1. The molecule has 0 fully saturated rings. The van der Waals surface area contributed by atoms with Gasteiger partial charge in [0.1, 0.15) is 11.4 Å². The van der Waals surface area contributed by atoms with Crippen LogP contribution in [-0.2, 0) is 0 Å². The van der Waals surface area contributed by atoms with E-state index in [0.29, 0.717) is 5.69 Å². The van der Waals surface area contributed by atoms with E-state index >= 15 is 0 Å². The molecule has 1 aromatic carbocycles. The molecule has 0 unspecified atom stereocenters. The minimum atomic E-state index is -0.102. The number of pyridine rings is 1. The second-order valence-electron chi connectivity index (χ2n) is 4.34. The average molecular weight is 256 g/mol. The Bertz CT molecular complexity index is 577. The molecule has 98 valence electrons. The van der Waals surface area contributed by atoms with Crippen molar-refractivity contribution in [3.63, 3.8) is 0 Å². The van der Waals surface area contributed by atoms with Gasteiger partial charge in [-0.05, 0) is 36.4 Å². The number of nitrogens with zero attached hydrogens (tertiary/aromatic N) is 2. The minimum absolute atomic E-state index is 0.102. The van der Waals surface area contributed by atoms with Gasteiger partial charge in [0, 0.05) is 19.7 Å². The highest BCUT2D eigenvalue weighted by molar-refractivity contribution is 5.92. The predicted octanol–water partition coefficient (Wildman–Crippen LogP) is 2.46. The minimum Gasteiger partial charge on any atom is -0.497 e. The summed E-state index contributed by atoms with van der Waals surface area (Å²) in [5.41, 5.74) is 2.17. The molecule has 0 atom stereocenters. The molecule has 0 saturated carbocycles. The molecule has 0 N–H and O–H groups in total. The Morgan fingerprint density at radius 3 is 2.37 bits per heavy atom. The number of methoxy groups -OCH3 is 1. The Balaban J connectivity index is 2.34. The molecule has 2 rings (SSSR count). The van der Waals surface area contributed by atoms with Gasteiger partial charge in [-0.25, -0.2) is 4.98 Å². The standard InChI is InChI=1S/C15H16N2O2/c1-17(2)15(18)14-6-4-5-13(16-14)11-7-9-12(19-3)10-8-11/h4-10H,1-3H3. The maximum absolute atomic E-state index is 11.9. The van der Waals surface area contributed by atoms with Gasteiger partial charge in [-0.3, -0.25) is 4.79 Å². The van der Waals surface area contributed by atoms with Gasteiger partial charge < -0.3 is 9.64 Å². The van der Waals surface area contributed by atoms with Gasteiger partial charge in [-0.2, -0.15) is 0 Å². The monoisotopic (exact) mass is 256 g/mol. The number of ether oxygens (including phenoxy) is 1. The molecule has 1 amide bonds. The maximum atomic E-state index is 11.9. The van der Waals surface area contributed by atoms with Crippen molar-refractivity contribution in [1.82, 2.24) is 9.88 Å². The number of carbonyl (C=O) groups excluding carboxylic acids is 1. The lowest BCUT2D eigenvalue weighted by Gasteiger charge is -2.10. The van der Waals surface area contributed by atoms with Crippen LogP contribution in [0.15, 0.2) is 42.5 Å². The highest BCUT2D eigenvalue weighted by Gasteiger charge is 2.10. The molecular weight excluding hydrogens is 240 g/mol. The van der Waals surface area contributed by atoms with Gasteiger partial charge in [0.2, 0.25) is 0 Å². The Hall–Kier alpha value is -2.36. The second-order valence-corrected chi connectivity index (χ2v) is 4.34. The summed E-state index contributed by atoms with van der Waals surface area (Å²) in [6, 6.07) is 13.0. The third kappa shape index (κ3) is 2.91. The molecule has 0 spiro atoms. The number of rotatable bonds is 3. The molecule has 2 aromatic rings. The Morgan fingerprint density at radius 1 is 1.11 bits per heavy atom. The van der Waals surface area contributed by atoms with Crippen LogP contribution in [0.1, 0.15) is 10.5 Å². The van der Waals surface area contributed by atoms with Crippen molar-refractivity contribution in [2.45, 2.75) is 0 Å². The molecule has 0 radical (unpaired) electrons. The zero-order valence-electron chi connectivity index (χ0n) is 11.3. The van der Waals surface area contributed by atoms with Gasteiger partial charge in [0.05, 0.1) is 12.8 Å². The van der Waals surface area contributed by atoms with Gasteiger partial charge in [0.25, 0.3) is 5.91 Å². The molecule has 1 heterocycles. The molecule has 4 heteroatoms. The van der Waals surface area contributed by atoms with E-state index in [4.69, 9.17) is 4.74 Å². The summed E-state index contributed by atoms with van der Waals surface area (Å²) in [5.74, 6) is 0.694. The van der Waals surface area contributed by atoms with E-state index in [1.807, 2.05) is 36.4 Å². The van der Waals surface area contributed by atoms with E-state index in [1.165, 1.54) is 4.90 Å². The highest BCUT2D eigenvalue weighted by Crippen LogP contribution is 2.20. The third-order valence-electron chi connectivity index (χ3n) is 2.76. The fraction of sp³-hybridized carbons (Fsp3) is 0.200. The number of carbonyl (C=O) groups is 1. The summed E-state index contributed by atoms with van der Waals surface area (Å²) in [7, 11) is 5.05. The summed E-state index contributed by atoms with van der Waals surface area (Å²) in [4.78, 5) is 17.8. The molecule has 0 aliphatic heterocycles. The quantitative estimate of drug-likeness (QED) is 0.847. The number of hydrogen-bond acceptors (Lipinski definition) is 3. The molecule has 4 nitrogen and oxygen atoms in total. The molecule has 0 aliphatic carbocycles. The number of aromatic nitrogens is 1. The van der Waals surface area contributed by atoms with E-state index in [1.54, 1.807) is 27.3 Å². The first-order chi connectivity index (χ1) is 9.11. The summed E-state index contributed by atoms with van der Waals surface area (Å²) in [6.07, 6.45) is 0. The van der Waals surface area contributed by atoms with Crippen LogP contribution in [0, 0.1) is 0 Å². The van der Waals surface area contributed by atoms with Crippen molar-refractivity contribution < 1.29 is 9.53 Å². The van der Waals surface area contributed by atoms with Gasteiger partial charge in [0.15, 0.2) is 0 Å². The smallest absolute Gasteiger partial charge is 0.271 e. The van der Waals surface area contributed by atoms with E-state index in [2.05, 4.69) is 4.98 Å². The molecule has 0 bridgehead atoms. The van der Waals surface area contributed by atoms with E-state index in [-0.39, 0.29) is 5.91 Å². The molecule has 0 saturated heterocycles. The Morgan fingerprint density at radius 2 is 1.79 bits per heavy atom. The summed E-state index contributed by atoms with van der Waals surface area (Å²) < 4.78 is 5.12. The zero-order valence-corrected chi connectivity index (χ0v) is 11.3. The van der Waals surface area contributed by atoms with Crippen LogP contribution in [-0.4, -0.2) is 37.0 Å². The molecular formula is C15H16N2O2. The fourth-order valence-corrected chi connectivity index (χ4v) is 1.71. The van der Waals surface area contributed by atoms with Crippen LogP contribution >= 0.6 is 0 Å². The molecule has 1 aromatic heterocycles. The average Bonchev–Trinajstić information content (AvgIpc) is 2.46. The topological polar surface area (TPSA) is 42.4 Å². The van der Waals surface area contributed by atoms with Crippen molar-refractivity contribution in [3.8, 4) is 17.0 Å². The highest BCUT2D eigenvalue weighted by atomic mass is 16.5. The SMILES string of the molecule is COc1ccc(-c2cccc(C(=O)N(C)C)n2)cc1. The Kier molecular flexibility index (Phi) is 3.80. The first-order valence-corrected chi connectivity index (χ1v) is 5.95. The van der Waals surface area contributed by atoms with Crippen LogP contribution < -0.4 is 4.74 Å². The van der Waals surface area contributed by atoms with Gasteiger partial charge in [-0.1, -0.05) is 6.07 Å². The summed E-state index contributed by atoms with van der Waals surface area (Å²) in [6.45, 7) is 0. The van der Waals surface area contributed by atoms with E-state index in [9.17, 15) is 4.79 Å². The molecule has 0 aliphatic rings. The first-order valence-electron chi connectivity index (χ1n) is 5.95. The summed E-state index contributed by atoms with van der Waals surface area (Å²) in [5, 5.41) is 0. The number of amides is 1. The van der Waals surface area contributed by atoms with Gasteiger partial charge in [-0.15, -0.1) is 0 Å². The van der Waals surface area contributed by atoms with Crippen LogP contribution in [0.25, 0.3) is 11.3 Å². The lowest BCUT2D eigenvalue weighted by Crippen LogP contribution is -2.22. The summed E-state index contributed by atoms with van der Waals surface area (Å²) >= 11 is 0. The molecule has 19 heavy (non-hydrogen) atoms. The number of hydrogen-bond donors (Lipinski definition) is 0. The van der Waals surface area contributed by atoms with Crippen molar-refractivity contribution in [1.29, 1.82) is 0 Å². The van der Waals surface area contributed by atoms with Crippen molar-refractivity contribution in [2.24, 2.45) is 0 Å². The zero-order chi connectivity index (χ0) is 13.8. The van der Waals surface area contributed by atoms with Crippen LogP contribution in [0.4, 0.5) is 0 Å². The van der Waals surface area contributed by atoms with Crippen LogP contribution in [0.5, 0.6) is 5.75 Å². The lowest BCUT2D eigenvalue weighted by molar-refractivity contribution is 0.0822. The van der Waals surface area contributed by atoms with Crippen LogP contribution in [0.3, 0.4) is 0 Å². The second kappa shape index (κ2) is 5.52. The maximum Gasteiger partial charge on any atom is 0.271 e.